The zero-order valence-corrected chi connectivity index (χ0v) is 7.78. The second-order valence-corrected chi connectivity index (χ2v) is 3.12. The van der Waals surface area contributed by atoms with E-state index in [1.54, 1.807) is 12.1 Å². The lowest BCUT2D eigenvalue weighted by atomic mass is 10.1. The van der Waals surface area contributed by atoms with E-state index in [1.165, 1.54) is 12.1 Å². The van der Waals surface area contributed by atoms with E-state index in [-0.39, 0.29) is 11.4 Å². The first-order valence-corrected chi connectivity index (χ1v) is 4.46. The Labute approximate surface area is 80.6 Å². The van der Waals surface area contributed by atoms with Gasteiger partial charge in [0.05, 0.1) is 0 Å². The molecular weight excluding hydrogens is 180 g/mol. The van der Waals surface area contributed by atoms with Gasteiger partial charge in [-0.25, -0.2) is 4.79 Å². The molecule has 0 atom stereocenters. The number of phenols is 1. The minimum absolute atomic E-state index is 0.182. The van der Waals surface area contributed by atoms with E-state index in [1.807, 2.05) is 6.92 Å². The maximum Gasteiger partial charge on any atom is 0.336 e. The maximum atomic E-state index is 11.1. The van der Waals surface area contributed by atoms with E-state index in [0.717, 1.165) is 17.4 Å². The largest absolute Gasteiger partial charge is 0.508 e. The highest BCUT2D eigenvalue weighted by Crippen LogP contribution is 2.22. The molecule has 0 saturated heterocycles. The van der Waals surface area contributed by atoms with E-state index >= 15 is 0 Å². The first-order valence-electron chi connectivity index (χ1n) is 4.46. The van der Waals surface area contributed by atoms with Gasteiger partial charge in [-0.2, -0.15) is 0 Å². The number of aryl methyl sites for hydroxylation is 1. The van der Waals surface area contributed by atoms with Crippen LogP contribution in [0.2, 0.25) is 0 Å². The number of rotatable bonds is 1. The molecule has 0 bridgehead atoms. The van der Waals surface area contributed by atoms with E-state index < -0.39 is 0 Å². The molecule has 2 aromatic rings. The van der Waals surface area contributed by atoms with Crippen molar-refractivity contribution in [3.63, 3.8) is 0 Å². The minimum Gasteiger partial charge on any atom is -0.508 e. The lowest BCUT2D eigenvalue weighted by molar-refractivity contribution is 0.475. The lowest BCUT2D eigenvalue weighted by Gasteiger charge is -2.02. The molecule has 72 valence electrons. The molecule has 1 heterocycles. The minimum atomic E-state index is -0.347. The topological polar surface area (TPSA) is 50.4 Å². The standard InChI is InChI=1S/C11H10O3/c1-2-7-5-11(13)14-10-4-3-8(12)6-9(7)10/h3-6,12H,2H2,1H3. The Morgan fingerprint density at radius 3 is 2.86 bits per heavy atom. The number of aromatic hydroxyl groups is 1. The summed E-state index contributed by atoms with van der Waals surface area (Å²) in [5.74, 6) is 0.182. The molecule has 0 unspecified atom stereocenters. The number of benzene rings is 1. The predicted molar refractivity (Wildman–Crippen MR) is 53.5 cm³/mol. The summed E-state index contributed by atoms with van der Waals surface area (Å²) in [7, 11) is 0. The second kappa shape index (κ2) is 3.18. The normalized spacial score (nSPS) is 10.6. The van der Waals surface area contributed by atoms with Crippen LogP contribution in [0.1, 0.15) is 12.5 Å². The zero-order valence-electron chi connectivity index (χ0n) is 7.78. The second-order valence-electron chi connectivity index (χ2n) is 3.12. The predicted octanol–water partition coefficient (Wildman–Crippen LogP) is 2.06. The summed E-state index contributed by atoms with van der Waals surface area (Å²) in [5, 5.41) is 10.1. The third-order valence-electron chi connectivity index (χ3n) is 2.19. The Morgan fingerprint density at radius 1 is 1.36 bits per heavy atom. The van der Waals surface area contributed by atoms with Gasteiger partial charge in [-0.1, -0.05) is 6.92 Å². The first kappa shape index (κ1) is 8.81. The van der Waals surface area contributed by atoms with Crippen LogP contribution in [0.25, 0.3) is 11.0 Å². The van der Waals surface area contributed by atoms with E-state index in [9.17, 15) is 9.90 Å². The summed E-state index contributed by atoms with van der Waals surface area (Å²) < 4.78 is 4.99. The van der Waals surface area contributed by atoms with Crippen molar-refractivity contribution < 1.29 is 9.52 Å². The molecule has 0 saturated carbocycles. The molecule has 14 heavy (non-hydrogen) atoms. The van der Waals surface area contributed by atoms with Gasteiger partial charge < -0.3 is 9.52 Å². The van der Waals surface area contributed by atoms with Crippen molar-refractivity contribution in [1.29, 1.82) is 0 Å². The number of phenolic OH excluding ortho intramolecular Hbond substituents is 1. The zero-order chi connectivity index (χ0) is 10.1. The smallest absolute Gasteiger partial charge is 0.336 e. The Balaban J connectivity index is 2.88. The SMILES string of the molecule is CCc1cc(=O)oc2ccc(O)cc12. The van der Waals surface area contributed by atoms with Gasteiger partial charge in [0.1, 0.15) is 11.3 Å². The van der Waals surface area contributed by atoms with E-state index in [0.29, 0.717) is 5.58 Å². The molecule has 1 aromatic carbocycles. The summed E-state index contributed by atoms with van der Waals surface area (Å²) in [6, 6.07) is 6.18. The highest BCUT2D eigenvalue weighted by molar-refractivity contribution is 5.81. The number of fused-ring (bicyclic) bond motifs is 1. The Kier molecular flexibility index (Phi) is 2.00. The van der Waals surface area contributed by atoms with Crippen LogP contribution in [-0.4, -0.2) is 5.11 Å². The van der Waals surface area contributed by atoms with Crippen LogP contribution in [0, 0.1) is 0 Å². The van der Waals surface area contributed by atoms with Crippen LogP contribution >= 0.6 is 0 Å². The summed E-state index contributed by atoms with van der Waals surface area (Å²) in [6.45, 7) is 1.96. The van der Waals surface area contributed by atoms with Gasteiger partial charge in [-0.15, -0.1) is 0 Å². The van der Waals surface area contributed by atoms with Crippen molar-refractivity contribution in [2.75, 3.05) is 0 Å². The molecular formula is C11H10O3. The molecule has 0 fully saturated rings. The summed E-state index contributed by atoms with van der Waals surface area (Å²) >= 11 is 0. The van der Waals surface area contributed by atoms with Gasteiger partial charge in [0, 0.05) is 11.5 Å². The van der Waals surface area contributed by atoms with Gasteiger partial charge in [0.25, 0.3) is 0 Å². The maximum absolute atomic E-state index is 11.1. The van der Waals surface area contributed by atoms with Crippen LogP contribution in [-0.2, 0) is 6.42 Å². The van der Waals surface area contributed by atoms with Crippen LogP contribution in [0.3, 0.4) is 0 Å². The Hall–Kier alpha value is -1.77. The molecule has 2 rings (SSSR count). The molecule has 0 radical (unpaired) electrons. The molecule has 1 N–H and O–H groups in total. The van der Waals surface area contributed by atoms with E-state index in [2.05, 4.69) is 0 Å². The summed E-state index contributed by atoms with van der Waals surface area (Å²) in [5.41, 5.74) is 1.07. The van der Waals surface area contributed by atoms with Gasteiger partial charge in [0.15, 0.2) is 0 Å². The first-order chi connectivity index (χ1) is 6.70. The molecule has 3 heteroatoms. The lowest BCUT2D eigenvalue weighted by Crippen LogP contribution is -1.99. The van der Waals surface area contributed by atoms with Gasteiger partial charge in [0.2, 0.25) is 0 Å². The fraction of sp³-hybridized carbons (Fsp3) is 0.182. The number of hydrogen-bond donors (Lipinski definition) is 1. The molecule has 0 aliphatic heterocycles. The van der Waals surface area contributed by atoms with Gasteiger partial charge in [-0.05, 0) is 30.2 Å². The third-order valence-corrected chi connectivity index (χ3v) is 2.19. The van der Waals surface area contributed by atoms with Gasteiger partial charge in [-0.3, -0.25) is 0 Å². The molecule has 0 aliphatic carbocycles. The number of hydrogen-bond acceptors (Lipinski definition) is 3. The average molecular weight is 190 g/mol. The molecule has 0 spiro atoms. The quantitative estimate of drug-likeness (QED) is 0.700. The van der Waals surface area contributed by atoms with Crippen LogP contribution in [0.4, 0.5) is 0 Å². The summed E-state index contributed by atoms with van der Waals surface area (Å²) in [4.78, 5) is 11.1. The Bertz CT molecular complexity index is 526. The van der Waals surface area contributed by atoms with Crippen molar-refractivity contribution >= 4 is 11.0 Å². The molecule has 1 aromatic heterocycles. The third kappa shape index (κ3) is 1.37. The monoisotopic (exact) mass is 190 g/mol. The molecule has 3 nitrogen and oxygen atoms in total. The van der Waals surface area contributed by atoms with Crippen molar-refractivity contribution in [2.45, 2.75) is 13.3 Å². The fourth-order valence-electron chi connectivity index (χ4n) is 1.51. The molecule has 0 amide bonds. The van der Waals surface area contributed by atoms with Gasteiger partial charge >= 0.3 is 5.63 Å². The highest BCUT2D eigenvalue weighted by Gasteiger charge is 2.04. The van der Waals surface area contributed by atoms with Crippen molar-refractivity contribution in [3.8, 4) is 5.75 Å². The highest BCUT2D eigenvalue weighted by atomic mass is 16.4. The average Bonchev–Trinajstić information content (AvgIpc) is 2.17. The summed E-state index contributed by atoms with van der Waals surface area (Å²) in [6.07, 6.45) is 0.742. The van der Waals surface area contributed by atoms with Crippen LogP contribution < -0.4 is 5.63 Å². The van der Waals surface area contributed by atoms with Crippen LogP contribution in [0.5, 0.6) is 5.75 Å². The van der Waals surface area contributed by atoms with Crippen LogP contribution in [0.15, 0.2) is 33.5 Å². The van der Waals surface area contributed by atoms with E-state index in [4.69, 9.17) is 4.42 Å². The van der Waals surface area contributed by atoms with Crippen molar-refractivity contribution in [3.05, 3.63) is 40.2 Å². The fourth-order valence-corrected chi connectivity index (χ4v) is 1.51. The Morgan fingerprint density at radius 2 is 2.14 bits per heavy atom. The molecule has 0 aliphatic rings. The van der Waals surface area contributed by atoms with Crippen molar-refractivity contribution in [1.82, 2.24) is 0 Å². The van der Waals surface area contributed by atoms with Crippen molar-refractivity contribution in [2.24, 2.45) is 0 Å².